The summed E-state index contributed by atoms with van der Waals surface area (Å²) in [5.41, 5.74) is 0. The third-order valence-corrected chi connectivity index (χ3v) is 11.6. The molecule has 3 aliphatic carbocycles. The summed E-state index contributed by atoms with van der Waals surface area (Å²) in [4.78, 5) is 32.1. The number of nitrogens with one attached hydrogen (secondary N) is 2. The first-order valence-corrected chi connectivity index (χ1v) is 19.6. The van der Waals surface area contributed by atoms with Crippen molar-refractivity contribution in [1.82, 2.24) is 20.1 Å². The molecule has 0 spiro atoms. The lowest BCUT2D eigenvalue weighted by molar-refractivity contribution is -0.139. The number of carbonyl (C=O) groups is 2. The molecule has 0 saturated heterocycles. The number of hydrogen-bond donors (Lipinski definition) is 3. The predicted molar refractivity (Wildman–Crippen MR) is 180 cm³/mol. The Balaban J connectivity index is 1.69. The highest BCUT2D eigenvalue weighted by atomic mass is 32.2. The first kappa shape index (κ1) is 37.8. The third kappa shape index (κ3) is 12.8. The third-order valence-electron chi connectivity index (χ3n) is 10.1. The Morgan fingerprint density at radius 3 is 2.04 bits per heavy atom. The van der Waals surface area contributed by atoms with Crippen LogP contribution in [-0.4, -0.2) is 79.8 Å². The first-order valence-electron chi connectivity index (χ1n) is 18.0. The van der Waals surface area contributed by atoms with Gasteiger partial charge in [-0.1, -0.05) is 65.2 Å². The van der Waals surface area contributed by atoms with E-state index < -0.39 is 22.2 Å². The van der Waals surface area contributed by atoms with Gasteiger partial charge in [0.25, 0.3) is 0 Å². The lowest BCUT2D eigenvalue weighted by Crippen LogP contribution is -2.53. The Labute approximate surface area is 274 Å². The topological polar surface area (TPSA) is 119 Å². The molecule has 3 fully saturated rings. The van der Waals surface area contributed by atoms with Crippen LogP contribution in [-0.2, 0) is 19.6 Å². The fraction of sp³-hybridized carbons (Fsp3) is 0.886. The lowest BCUT2D eigenvalue weighted by Gasteiger charge is -2.36. The van der Waals surface area contributed by atoms with Crippen molar-refractivity contribution < 1.29 is 23.1 Å². The number of nitrogens with zero attached hydrogens (tertiary/aromatic N) is 2. The van der Waals surface area contributed by atoms with E-state index in [4.69, 9.17) is 0 Å². The van der Waals surface area contributed by atoms with Crippen molar-refractivity contribution in [3.63, 3.8) is 0 Å². The van der Waals surface area contributed by atoms with Gasteiger partial charge in [-0.2, -0.15) is 0 Å². The van der Waals surface area contributed by atoms with Gasteiger partial charge in [-0.3, -0.25) is 9.59 Å². The van der Waals surface area contributed by atoms with Crippen molar-refractivity contribution in [2.24, 2.45) is 29.6 Å². The van der Waals surface area contributed by atoms with Crippen LogP contribution in [0.15, 0.2) is 0 Å². The molecule has 2 amide bonds. The molecule has 5 atom stereocenters. The summed E-state index contributed by atoms with van der Waals surface area (Å²) in [6, 6.07) is -0.505. The summed E-state index contributed by atoms with van der Waals surface area (Å²) in [6.45, 7) is 7.47. The van der Waals surface area contributed by atoms with Gasteiger partial charge in [0.05, 0.1) is 17.9 Å². The van der Waals surface area contributed by atoms with Gasteiger partial charge in [0, 0.05) is 44.4 Å². The number of amides is 2. The zero-order valence-electron chi connectivity index (χ0n) is 28.6. The summed E-state index contributed by atoms with van der Waals surface area (Å²) < 4.78 is 25.8. The van der Waals surface area contributed by atoms with Crippen LogP contribution >= 0.6 is 0 Å². The largest absolute Gasteiger partial charge is 0.390 e. The molecule has 0 aromatic rings. The predicted octanol–water partition coefficient (Wildman–Crippen LogP) is 4.85. The van der Waals surface area contributed by atoms with E-state index >= 15 is 0 Å². The molecule has 3 aliphatic rings. The molecule has 0 bridgehead atoms. The van der Waals surface area contributed by atoms with Crippen molar-refractivity contribution in [2.45, 2.75) is 136 Å². The number of hydrogen-bond acceptors (Lipinski definition) is 6. The van der Waals surface area contributed by atoms with E-state index in [0.29, 0.717) is 31.6 Å². The summed E-state index contributed by atoms with van der Waals surface area (Å²) >= 11 is 0. The zero-order chi connectivity index (χ0) is 32.8. The zero-order valence-corrected chi connectivity index (χ0v) is 29.4. The molecule has 3 saturated carbocycles. The summed E-state index contributed by atoms with van der Waals surface area (Å²) in [6.07, 6.45) is 14.1. The standard InChI is InChI=1S/C35H62N4O5S/c1-5-14-29-21-30(24-31(22-29)35(42)39(19-6-2)20-7-3)34(41)36-32(23-27-15-10-8-11-16-27)33(40)25-38(4)37-45(43,44)26-28-17-12-9-13-18-28/h27-33,37,40H,6-13,15-26H2,1-4H3,(H,36,41). The van der Waals surface area contributed by atoms with Crippen LogP contribution in [0.3, 0.4) is 0 Å². The SMILES string of the molecule is CC#CC1CC(C(=O)NC(CC2CCCCC2)C(O)CN(C)NS(=O)(=O)CC2CCCCC2)CC(C(=O)N(CCC)CCC)C1. The van der Waals surface area contributed by atoms with Gasteiger partial charge in [0.15, 0.2) is 0 Å². The van der Waals surface area contributed by atoms with Crippen LogP contribution < -0.4 is 10.1 Å². The van der Waals surface area contributed by atoms with Crippen LogP contribution in [0, 0.1) is 41.4 Å². The Morgan fingerprint density at radius 2 is 1.47 bits per heavy atom. The normalized spacial score (nSPS) is 24.8. The highest BCUT2D eigenvalue weighted by molar-refractivity contribution is 7.89. The Morgan fingerprint density at radius 1 is 0.889 bits per heavy atom. The average Bonchev–Trinajstić information content (AvgIpc) is 3.00. The average molecular weight is 651 g/mol. The molecule has 0 aromatic carbocycles. The Kier molecular flexibility index (Phi) is 16.1. The second kappa shape index (κ2) is 19.2. The molecule has 45 heavy (non-hydrogen) atoms. The Bertz CT molecular complexity index is 1070. The van der Waals surface area contributed by atoms with E-state index in [9.17, 15) is 23.1 Å². The van der Waals surface area contributed by atoms with Crippen molar-refractivity contribution in [3.8, 4) is 11.8 Å². The molecule has 0 radical (unpaired) electrons. The molecular weight excluding hydrogens is 588 g/mol. The molecule has 9 nitrogen and oxygen atoms in total. The van der Waals surface area contributed by atoms with Gasteiger partial charge in [-0.15, -0.1) is 16.7 Å². The minimum absolute atomic E-state index is 0.0232. The van der Waals surface area contributed by atoms with Gasteiger partial charge in [-0.05, 0) is 70.1 Å². The molecule has 0 aliphatic heterocycles. The number of carbonyl (C=O) groups excluding carboxylic acids is 2. The quantitative estimate of drug-likeness (QED) is 0.162. The van der Waals surface area contributed by atoms with E-state index in [-0.39, 0.29) is 47.8 Å². The maximum Gasteiger partial charge on any atom is 0.225 e. The first-order chi connectivity index (χ1) is 21.5. The van der Waals surface area contributed by atoms with Crippen molar-refractivity contribution >= 4 is 21.8 Å². The summed E-state index contributed by atoms with van der Waals surface area (Å²) in [5, 5.41) is 16.1. The molecule has 3 rings (SSSR count). The molecule has 5 unspecified atom stereocenters. The van der Waals surface area contributed by atoms with Crippen LogP contribution in [0.25, 0.3) is 0 Å². The second-order valence-corrected chi connectivity index (χ2v) is 15.9. The maximum atomic E-state index is 13.9. The maximum absolute atomic E-state index is 13.9. The number of aliphatic hydroxyl groups is 1. The van der Waals surface area contributed by atoms with Gasteiger partial charge >= 0.3 is 0 Å². The molecule has 3 N–H and O–H groups in total. The molecule has 0 heterocycles. The van der Waals surface area contributed by atoms with Crippen molar-refractivity contribution in [3.05, 3.63) is 0 Å². The minimum Gasteiger partial charge on any atom is -0.390 e. The number of aliphatic hydroxyl groups excluding tert-OH is 1. The smallest absolute Gasteiger partial charge is 0.225 e. The van der Waals surface area contributed by atoms with E-state index in [1.165, 1.54) is 17.9 Å². The fourth-order valence-corrected chi connectivity index (χ4v) is 9.54. The highest BCUT2D eigenvalue weighted by Gasteiger charge is 2.38. The number of rotatable bonds is 16. The van der Waals surface area contributed by atoms with E-state index in [1.54, 1.807) is 14.0 Å². The highest BCUT2D eigenvalue weighted by Crippen LogP contribution is 2.35. The lowest BCUT2D eigenvalue weighted by atomic mass is 9.74. The van der Waals surface area contributed by atoms with Crippen molar-refractivity contribution in [1.29, 1.82) is 0 Å². The second-order valence-electron chi connectivity index (χ2n) is 14.2. The van der Waals surface area contributed by atoms with E-state index in [0.717, 1.165) is 77.3 Å². The van der Waals surface area contributed by atoms with E-state index in [1.807, 2.05) is 4.90 Å². The summed E-state index contributed by atoms with van der Waals surface area (Å²) in [7, 11) is -1.89. The molecule has 258 valence electrons. The van der Waals surface area contributed by atoms with Crippen LogP contribution in [0.5, 0.6) is 0 Å². The van der Waals surface area contributed by atoms with Gasteiger partial charge in [0.2, 0.25) is 21.8 Å². The molecule has 0 aromatic heterocycles. The number of sulfonamides is 1. The van der Waals surface area contributed by atoms with Crippen LogP contribution in [0.2, 0.25) is 0 Å². The van der Waals surface area contributed by atoms with Gasteiger partial charge in [-0.25, -0.2) is 13.4 Å². The van der Waals surface area contributed by atoms with Crippen LogP contribution in [0.1, 0.15) is 124 Å². The number of hydrazine groups is 1. The van der Waals surface area contributed by atoms with Crippen LogP contribution in [0.4, 0.5) is 0 Å². The van der Waals surface area contributed by atoms with Crippen molar-refractivity contribution in [2.75, 3.05) is 32.4 Å². The Hall–Kier alpha value is -1.67. The fourth-order valence-electron chi connectivity index (χ4n) is 7.97. The molecular formula is C35H62N4O5S. The van der Waals surface area contributed by atoms with Gasteiger partial charge < -0.3 is 15.3 Å². The minimum atomic E-state index is -3.53. The molecule has 10 heteroatoms. The van der Waals surface area contributed by atoms with E-state index in [2.05, 4.69) is 35.8 Å². The number of likely N-dealkylation sites (N-methyl/N-ethyl adjacent to an activating group) is 1. The summed E-state index contributed by atoms with van der Waals surface area (Å²) in [5.74, 6) is 6.31. The van der Waals surface area contributed by atoms with Gasteiger partial charge in [0.1, 0.15) is 0 Å². The monoisotopic (exact) mass is 650 g/mol.